The Morgan fingerprint density at radius 2 is 2.00 bits per heavy atom. The molecule has 0 aromatic heterocycles. The van der Waals surface area contributed by atoms with Gasteiger partial charge in [0.15, 0.2) is 0 Å². The number of anilines is 2. The summed E-state index contributed by atoms with van der Waals surface area (Å²) >= 11 is 0. The lowest BCUT2D eigenvalue weighted by Gasteiger charge is -2.15. The van der Waals surface area contributed by atoms with Gasteiger partial charge in [0.2, 0.25) is 5.91 Å². The third-order valence-electron chi connectivity index (χ3n) is 3.90. The number of hydrogen-bond acceptors (Lipinski definition) is 3. The van der Waals surface area contributed by atoms with Crippen molar-refractivity contribution >= 4 is 17.3 Å². The number of nitrogen functional groups attached to an aromatic ring is 1. The van der Waals surface area contributed by atoms with E-state index in [2.05, 4.69) is 5.32 Å². The van der Waals surface area contributed by atoms with Crippen LogP contribution in [0.15, 0.2) is 18.2 Å². The molecule has 0 saturated heterocycles. The fourth-order valence-electron chi connectivity index (χ4n) is 2.58. The zero-order chi connectivity index (χ0) is 14.4. The lowest BCUT2D eigenvalue weighted by molar-refractivity contribution is -0.122. The minimum atomic E-state index is -0.108. The van der Waals surface area contributed by atoms with Crippen molar-refractivity contribution in [3.05, 3.63) is 23.8 Å². The predicted molar refractivity (Wildman–Crippen MR) is 81.7 cm³/mol. The van der Waals surface area contributed by atoms with Crippen molar-refractivity contribution in [3.8, 4) is 0 Å². The molecule has 0 atom stereocenters. The molecule has 1 aliphatic carbocycles. The Morgan fingerprint density at radius 3 is 2.70 bits per heavy atom. The Labute approximate surface area is 120 Å². The molecule has 0 radical (unpaired) electrons. The molecule has 4 nitrogen and oxygen atoms in total. The van der Waals surface area contributed by atoms with Crippen LogP contribution >= 0.6 is 0 Å². The van der Waals surface area contributed by atoms with Crippen LogP contribution in [0.3, 0.4) is 0 Å². The molecule has 0 heterocycles. The lowest BCUT2D eigenvalue weighted by atomic mass is 10.1. The Morgan fingerprint density at radius 1 is 1.30 bits per heavy atom. The van der Waals surface area contributed by atoms with Gasteiger partial charge in [-0.25, -0.2) is 0 Å². The quantitative estimate of drug-likeness (QED) is 0.655. The average Bonchev–Trinajstić information content (AvgIpc) is 2.70. The molecule has 1 aliphatic rings. The zero-order valence-corrected chi connectivity index (χ0v) is 12.2. The highest BCUT2D eigenvalue weighted by Crippen LogP contribution is 2.21. The van der Waals surface area contributed by atoms with Crippen LogP contribution in [0.1, 0.15) is 44.1 Å². The third kappa shape index (κ3) is 4.23. The van der Waals surface area contributed by atoms with Crippen LogP contribution in [-0.4, -0.2) is 18.6 Å². The summed E-state index contributed by atoms with van der Waals surface area (Å²) in [7, 11) is 0. The molecule has 1 saturated carbocycles. The van der Waals surface area contributed by atoms with Gasteiger partial charge < -0.3 is 15.8 Å². The van der Waals surface area contributed by atoms with Gasteiger partial charge >= 0.3 is 0 Å². The van der Waals surface area contributed by atoms with Crippen molar-refractivity contribution in [3.63, 3.8) is 0 Å². The predicted octanol–water partition coefficient (Wildman–Crippen LogP) is 3.26. The molecule has 0 unspecified atom stereocenters. The van der Waals surface area contributed by atoms with Crippen LogP contribution in [0.2, 0.25) is 0 Å². The topological polar surface area (TPSA) is 64.3 Å². The first kappa shape index (κ1) is 14.9. The molecule has 0 aliphatic heterocycles. The molecule has 3 N–H and O–H groups in total. The van der Waals surface area contributed by atoms with Crippen molar-refractivity contribution in [2.45, 2.75) is 51.6 Å². The van der Waals surface area contributed by atoms with Gasteiger partial charge in [-0.1, -0.05) is 31.7 Å². The normalized spacial score (nSPS) is 16.6. The number of nitrogens with two attached hydrogens (primary N) is 1. The van der Waals surface area contributed by atoms with E-state index in [-0.39, 0.29) is 18.6 Å². The zero-order valence-electron chi connectivity index (χ0n) is 12.2. The Hall–Kier alpha value is -1.55. The maximum Gasteiger partial charge on any atom is 0.250 e. The van der Waals surface area contributed by atoms with E-state index in [0.717, 1.165) is 24.1 Å². The molecule has 1 fully saturated rings. The molecule has 1 aromatic carbocycles. The van der Waals surface area contributed by atoms with E-state index in [1.54, 1.807) is 0 Å². The summed E-state index contributed by atoms with van der Waals surface area (Å²) in [6.07, 6.45) is 7.38. The SMILES string of the molecule is Cc1c(N)cccc1NC(=O)COC1CCCCCC1. The highest BCUT2D eigenvalue weighted by molar-refractivity contribution is 5.93. The molecular formula is C16H24N2O2. The van der Waals surface area contributed by atoms with Gasteiger partial charge in [0, 0.05) is 11.4 Å². The van der Waals surface area contributed by atoms with Gasteiger partial charge in [-0.15, -0.1) is 0 Å². The molecule has 20 heavy (non-hydrogen) atoms. The number of hydrogen-bond donors (Lipinski definition) is 2. The Bertz CT molecular complexity index is 452. The van der Waals surface area contributed by atoms with Crippen molar-refractivity contribution in [2.24, 2.45) is 0 Å². The van der Waals surface area contributed by atoms with Crippen LogP contribution in [-0.2, 0) is 9.53 Å². The van der Waals surface area contributed by atoms with Crippen molar-refractivity contribution in [1.82, 2.24) is 0 Å². The van der Waals surface area contributed by atoms with E-state index in [9.17, 15) is 4.79 Å². The number of nitrogens with one attached hydrogen (secondary N) is 1. The lowest BCUT2D eigenvalue weighted by Crippen LogP contribution is -2.23. The van der Waals surface area contributed by atoms with Gasteiger partial charge in [0.25, 0.3) is 0 Å². The molecule has 1 amide bonds. The molecule has 110 valence electrons. The van der Waals surface area contributed by atoms with Crippen LogP contribution in [0.5, 0.6) is 0 Å². The summed E-state index contributed by atoms with van der Waals surface area (Å²) < 4.78 is 5.72. The van der Waals surface area contributed by atoms with Gasteiger partial charge in [-0.3, -0.25) is 4.79 Å². The molecule has 4 heteroatoms. The minimum Gasteiger partial charge on any atom is -0.398 e. The van der Waals surface area contributed by atoms with E-state index in [1.807, 2.05) is 25.1 Å². The first-order chi connectivity index (χ1) is 9.66. The first-order valence-corrected chi connectivity index (χ1v) is 7.43. The fraction of sp³-hybridized carbons (Fsp3) is 0.562. The summed E-state index contributed by atoms with van der Waals surface area (Å²) in [6.45, 7) is 2.02. The summed E-state index contributed by atoms with van der Waals surface area (Å²) in [5, 5.41) is 2.86. The van der Waals surface area contributed by atoms with E-state index in [1.165, 1.54) is 25.7 Å². The van der Waals surface area contributed by atoms with E-state index < -0.39 is 0 Å². The first-order valence-electron chi connectivity index (χ1n) is 7.43. The number of rotatable bonds is 4. The molecule has 0 bridgehead atoms. The summed E-state index contributed by atoms with van der Waals surface area (Å²) in [5.41, 5.74) is 8.17. The maximum absolute atomic E-state index is 11.9. The second-order valence-corrected chi connectivity index (χ2v) is 5.49. The van der Waals surface area contributed by atoms with Crippen molar-refractivity contribution in [2.75, 3.05) is 17.7 Å². The highest BCUT2D eigenvalue weighted by atomic mass is 16.5. The summed E-state index contributed by atoms with van der Waals surface area (Å²) in [6, 6.07) is 5.52. The van der Waals surface area contributed by atoms with Crippen LogP contribution in [0.25, 0.3) is 0 Å². The number of carbonyl (C=O) groups is 1. The number of amides is 1. The average molecular weight is 276 g/mol. The van der Waals surface area contributed by atoms with Crippen LogP contribution in [0, 0.1) is 6.92 Å². The van der Waals surface area contributed by atoms with Gasteiger partial charge in [-0.2, -0.15) is 0 Å². The third-order valence-corrected chi connectivity index (χ3v) is 3.90. The van der Waals surface area contributed by atoms with Crippen LogP contribution in [0.4, 0.5) is 11.4 Å². The molecule has 2 rings (SSSR count). The summed E-state index contributed by atoms with van der Waals surface area (Å²) in [4.78, 5) is 11.9. The fourth-order valence-corrected chi connectivity index (χ4v) is 2.58. The Balaban J connectivity index is 1.81. The number of benzene rings is 1. The van der Waals surface area contributed by atoms with Gasteiger partial charge in [0.1, 0.15) is 6.61 Å². The van der Waals surface area contributed by atoms with Gasteiger partial charge in [0.05, 0.1) is 6.10 Å². The smallest absolute Gasteiger partial charge is 0.250 e. The maximum atomic E-state index is 11.9. The monoisotopic (exact) mass is 276 g/mol. The largest absolute Gasteiger partial charge is 0.398 e. The standard InChI is InChI=1S/C16H24N2O2/c1-12-14(17)9-6-10-15(12)18-16(19)11-20-13-7-4-2-3-5-8-13/h6,9-10,13H,2-5,7-8,11,17H2,1H3,(H,18,19). The van der Waals surface area contributed by atoms with E-state index >= 15 is 0 Å². The molecular weight excluding hydrogens is 252 g/mol. The number of carbonyl (C=O) groups excluding carboxylic acids is 1. The number of ether oxygens (including phenoxy) is 1. The summed E-state index contributed by atoms with van der Waals surface area (Å²) in [5.74, 6) is -0.108. The van der Waals surface area contributed by atoms with Gasteiger partial charge in [-0.05, 0) is 37.5 Å². The van der Waals surface area contributed by atoms with Crippen molar-refractivity contribution < 1.29 is 9.53 Å². The van der Waals surface area contributed by atoms with E-state index in [4.69, 9.17) is 10.5 Å². The van der Waals surface area contributed by atoms with Crippen LogP contribution < -0.4 is 11.1 Å². The molecule has 1 aromatic rings. The van der Waals surface area contributed by atoms with Crippen molar-refractivity contribution in [1.29, 1.82) is 0 Å². The second-order valence-electron chi connectivity index (χ2n) is 5.49. The molecule has 0 spiro atoms. The minimum absolute atomic E-state index is 0.108. The second kappa shape index (κ2) is 7.29. The highest BCUT2D eigenvalue weighted by Gasteiger charge is 2.14. The van der Waals surface area contributed by atoms with E-state index in [0.29, 0.717) is 5.69 Å². The Kier molecular flexibility index (Phi) is 5.41.